The van der Waals surface area contributed by atoms with Crippen molar-refractivity contribution >= 4 is 17.9 Å². The van der Waals surface area contributed by atoms with Crippen LogP contribution in [0.2, 0.25) is 0 Å². The number of carboxylic acids is 3. The van der Waals surface area contributed by atoms with Gasteiger partial charge < -0.3 is 15.3 Å². The maximum Gasteiger partial charge on any atom is 0.336 e. The van der Waals surface area contributed by atoms with Crippen LogP contribution in [0, 0.1) is 0 Å². The predicted molar refractivity (Wildman–Crippen MR) is 103 cm³/mol. The molecule has 0 radical (unpaired) electrons. The van der Waals surface area contributed by atoms with E-state index in [9.17, 15) is 29.7 Å². The van der Waals surface area contributed by atoms with E-state index in [0.29, 0.717) is 16.7 Å². The summed E-state index contributed by atoms with van der Waals surface area (Å²) in [5, 5.41) is 29.3. The Labute approximate surface area is 158 Å². The van der Waals surface area contributed by atoms with Crippen LogP contribution in [-0.4, -0.2) is 33.2 Å². The molecule has 0 spiro atoms. The Morgan fingerprint density at radius 3 is 1.15 bits per heavy atom. The molecule has 1 aromatic rings. The van der Waals surface area contributed by atoms with Gasteiger partial charge in [-0.2, -0.15) is 0 Å². The molecular formula is C21H24O6. The summed E-state index contributed by atoms with van der Waals surface area (Å²) in [4.78, 5) is 36.0. The maximum absolute atomic E-state index is 12.1. The van der Waals surface area contributed by atoms with Gasteiger partial charge in [0, 0.05) is 0 Å². The summed E-state index contributed by atoms with van der Waals surface area (Å²) in [5.41, 5.74) is 0.982. The molecule has 0 atom stereocenters. The molecule has 0 fully saturated rings. The molecule has 27 heavy (non-hydrogen) atoms. The van der Waals surface area contributed by atoms with Gasteiger partial charge in [-0.05, 0) is 56.7 Å². The fraction of sp³-hybridized carbons (Fsp3) is 0.286. The van der Waals surface area contributed by atoms with E-state index in [-0.39, 0.29) is 41.5 Å². The van der Waals surface area contributed by atoms with Gasteiger partial charge in [-0.15, -0.1) is 0 Å². The first-order valence-electron chi connectivity index (χ1n) is 8.22. The molecule has 1 rings (SSSR count). The van der Waals surface area contributed by atoms with E-state index >= 15 is 0 Å². The number of allylic oxidation sites excluding steroid dienone is 3. The molecule has 0 saturated heterocycles. The first kappa shape index (κ1) is 21.9. The van der Waals surface area contributed by atoms with E-state index in [2.05, 4.69) is 19.7 Å². The second-order valence-electron chi connectivity index (χ2n) is 6.88. The third-order valence-electron chi connectivity index (χ3n) is 3.90. The summed E-state index contributed by atoms with van der Waals surface area (Å²) in [7, 11) is 0. The van der Waals surface area contributed by atoms with Crippen molar-refractivity contribution in [1.82, 2.24) is 0 Å². The van der Waals surface area contributed by atoms with Crippen LogP contribution in [0.3, 0.4) is 0 Å². The van der Waals surface area contributed by atoms with Crippen LogP contribution in [0.4, 0.5) is 0 Å². The third-order valence-corrected chi connectivity index (χ3v) is 3.90. The van der Waals surface area contributed by atoms with E-state index in [1.165, 1.54) is 0 Å². The third kappa shape index (κ3) is 4.94. The molecule has 0 bridgehead atoms. The molecule has 0 heterocycles. The lowest BCUT2D eigenvalue weighted by Crippen LogP contribution is -2.22. The van der Waals surface area contributed by atoms with Gasteiger partial charge in [0.25, 0.3) is 0 Å². The minimum Gasteiger partial charge on any atom is -0.478 e. The number of rotatable bonds is 9. The Morgan fingerprint density at radius 1 is 0.593 bits per heavy atom. The van der Waals surface area contributed by atoms with Crippen molar-refractivity contribution in [2.45, 2.75) is 40.0 Å². The Morgan fingerprint density at radius 2 is 0.852 bits per heavy atom. The van der Waals surface area contributed by atoms with Gasteiger partial charge in [0.1, 0.15) is 0 Å². The average Bonchev–Trinajstić information content (AvgIpc) is 2.46. The van der Waals surface area contributed by atoms with Gasteiger partial charge in [0.15, 0.2) is 0 Å². The molecule has 6 nitrogen and oxygen atoms in total. The largest absolute Gasteiger partial charge is 0.478 e. The van der Waals surface area contributed by atoms with Crippen molar-refractivity contribution in [3.05, 3.63) is 69.8 Å². The highest BCUT2D eigenvalue weighted by Crippen LogP contribution is 2.33. The monoisotopic (exact) mass is 372 g/mol. The second-order valence-corrected chi connectivity index (χ2v) is 6.88. The van der Waals surface area contributed by atoms with Crippen LogP contribution in [0.5, 0.6) is 0 Å². The first-order chi connectivity index (χ1) is 12.4. The minimum atomic E-state index is -1.49. The maximum atomic E-state index is 12.1. The molecule has 6 heteroatoms. The molecule has 0 saturated carbocycles. The van der Waals surface area contributed by atoms with Crippen LogP contribution >= 0.6 is 0 Å². The lowest BCUT2D eigenvalue weighted by Gasteiger charge is -2.22. The number of carbonyl (C=O) groups is 3. The first-order valence-corrected chi connectivity index (χ1v) is 8.22. The summed E-state index contributed by atoms with van der Waals surface area (Å²) in [5.74, 6) is -4.23. The Kier molecular flexibility index (Phi) is 6.88. The van der Waals surface area contributed by atoms with Gasteiger partial charge >= 0.3 is 17.9 Å². The molecule has 0 aromatic heterocycles. The fourth-order valence-electron chi connectivity index (χ4n) is 3.11. The number of aromatic carboxylic acids is 3. The van der Waals surface area contributed by atoms with Crippen LogP contribution < -0.4 is 0 Å². The van der Waals surface area contributed by atoms with Gasteiger partial charge in [-0.3, -0.25) is 0 Å². The highest BCUT2D eigenvalue weighted by Gasteiger charge is 2.32. The van der Waals surface area contributed by atoms with Crippen LogP contribution in [-0.2, 0) is 19.3 Å². The summed E-state index contributed by atoms with van der Waals surface area (Å²) in [6.07, 6.45) is 0.117. The van der Waals surface area contributed by atoms with Crippen molar-refractivity contribution < 1.29 is 29.7 Å². The second kappa shape index (κ2) is 8.49. The molecule has 1 aromatic carbocycles. The number of benzene rings is 1. The smallest absolute Gasteiger partial charge is 0.336 e. The lowest BCUT2D eigenvalue weighted by molar-refractivity contribution is 0.0646. The van der Waals surface area contributed by atoms with Crippen molar-refractivity contribution in [3.8, 4) is 0 Å². The Balaban J connectivity index is 4.28. The van der Waals surface area contributed by atoms with Gasteiger partial charge in [-0.1, -0.05) is 36.5 Å². The van der Waals surface area contributed by atoms with E-state index in [0.717, 1.165) is 0 Å². The van der Waals surface area contributed by atoms with Crippen molar-refractivity contribution in [3.63, 3.8) is 0 Å². The molecular weight excluding hydrogens is 348 g/mol. The molecule has 3 N–H and O–H groups in total. The van der Waals surface area contributed by atoms with Gasteiger partial charge in [0.05, 0.1) is 16.7 Å². The van der Waals surface area contributed by atoms with Crippen molar-refractivity contribution in [1.29, 1.82) is 0 Å². The van der Waals surface area contributed by atoms with E-state index in [4.69, 9.17) is 0 Å². The van der Waals surface area contributed by atoms with Crippen molar-refractivity contribution in [2.75, 3.05) is 0 Å². The summed E-state index contributed by atoms with van der Waals surface area (Å²) < 4.78 is 0. The lowest BCUT2D eigenvalue weighted by atomic mass is 9.80. The Bertz CT molecular complexity index is 873. The average molecular weight is 372 g/mol. The van der Waals surface area contributed by atoms with E-state index < -0.39 is 29.0 Å². The van der Waals surface area contributed by atoms with E-state index in [1.807, 2.05) is 0 Å². The molecule has 0 amide bonds. The SMILES string of the molecule is C=C(C)Cc1c(CC(=C)C)c(C(=O)O)c(C(=O)O)c(CC(=C)C)c1C(=O)O. The zero-order chi connectivity index (χ0) is 21.0. The van der Waals surface area contributed by atoms with E-state index in [1.54, 1.807) is 20.8 Å². The number of hydrogen-bond donors (Lipinski definition) is 3. The van der Waals surface area contributed by atoms with Gasteiger partial charge in [0.2, 0.25) is 0 Å². The standard InChI is InChI=1S/C21H24O6/c1-10(2)7-13-14(8-11(3)4)17(20(24)25)18(21(26)27)15(9-12(5)6)16(13)19(22)23/h1,3,5,7-9H2,2,4,6H3,(H,22,23)(H,24,25)(H,26,27). The highest BCUT2D eigenvalue weighted by molar-refractivity contribution is 6.08. The van der Waals surface area contributed by atoms with Crippen molar-refractivity contribution in [2.24, 2.45) is 0 Å². The number of hydrogen-bond acceptors (Lipinski definition) is 3. The minimum absolute atomic E-state index is 0.0537. The molecule has 0 aliphatic rings. The Hall–Kier alpha value is -3.15. The normalized spacial score (nSPS) is 10.3. The summed E-state index contributed by atoms with van der Waals surface area (Å²) in [6, 6.07) is 0. The highest BCUT2D eigenvalue weighted by atomic mass is 16.4. The quantitative estimate of drug-likeness (QED) is 0.562. The molecule has 0 aliphatic carbocycles. The topological polar surface area (TPSA) is 112 Å². The fourth-order valence-corrected chi connectivity index (χ4v) is 3.11. The van der Waals surface area contributed by atoms with Crippen LogP contribution in [0.25, 0.3) is 0 Å². The zero-order valence-electron chi connectivity index (χ0n) is 15.8. The number of carboxylic acid groups (broad SMARTS) is 3. The molecule has 0 aliphatic heterocycles. The van der Waals surface area contributed by atoms with Gasteiger partial charge in [-0.25, -0.2) is 14.4 Å². The molecule has 0 unspecified atom stereocenters. The predicted octanol–water partition coefficient (Wildman–Crippen LogP) is 4.14. The molecule has 144 valence electrons. The van der Waals surface area contributed by atoms with Crippen LogP contribution in [0.15, 0.2) is 36.5 Å². The summed E-state index contributed by atoms with van der Waals surface area (Å²) in [6.45, 7) is 16.3. The zero-order valence-corrected chi connectivity index (χ0v) is 15.8. The summed E-state index contributed by atoms with van der Waals surface area (Å²) >= 11 is 0. The van der Waals surface area contributed by atoms with Crippen LogP contribution in [0.1, 0.15) is 68.5 Å².